The fourth-order valence-corrected chi connectivity index (χ4v) is 4.32. The summed E-state index contributed by atoms with van der Waals surface area (Å²) in [5, 5.41) is 9.16. The molecule has 0 radical (unpaired) electrons. The molecule has 19 heavy (non-hydrogen) atoms. The maximum absolute atomic E-state index is 12.0. The molecule has 0 amide bonds. The van der Waals surface area contributed by atoms with Gasteiger partial charge in [-0.15, -0.1) is 0 Å². The minimum Gasteiger partial charge on any atom is -0.478 e. The number of thioether (sulfide) groups is 1. The molecule has 0 aromatic heterocycles. The van der Waals surface area contributed by atoms with E-state index in [1.807, 2.05) is 0 Å². The highest BCUT2D eigenvalue weighted by molar-refractivity contribution is 8.01. The molecule has 0 bridgehead atoms. The number of carboxylic acids is 1. The second-order valence-electron chi connectivity index (χ2n) is 4.18. The summed E-state index contributed by atoms with van der Waals surface area (Å²) in [6.07, 6.45) is 0. The van der Waals surface area contributed by atoms with Gasteiger partial charge in [0.25, 0.3) is 0 Å². The lowest BCUT2D eigenvalue weighted by atomic mass is 10.2. The van der Waals surface area contributed by atoms with E-state index in [0.717, 1.165) is 0 Å². The zero-order valence-electron chi connectivity index (χ0n) is 10.1. The van der Waals surface area contributed by atoms with Crippen molar-refractivity contribution in [1.82, 2.24) is 0 Å². The minimum absolute atomic E-state index is 0.0561. The average molecular weight is 302 g/mol. The summed E-state index contributed by atoms with van der Waals surface area (Å²) in [6.45, 7) is 1.38. The fraction of sp³-hybridized carbons (Fsp3) is 0.417. The molecule has 1 N–H and O–H groups in total. The van der Waals surface area contributed by atoms with Gasteiger partial charge >= 0.3 is 5.97 Å². The molecule has 104 valence electrons. The molecule has 1 aromatic rings. The second-order valence-corrected chi connectivity index (χ2v) is 7.70. The first kappa shape index (κ1) is 14.4. The molecule has 1 aliphatic rings. The van der Waals surface area contributed by atoms with Crippen LogP contribution in [0.1, 0.15) is 10.4 Å². The first-order valence-corrected chi connectivity index (χ1v) is 8.44. The number of rotatable bonds is 6. The molecule has 5 nitrogen and oxygen atoms in total. The van der Waals surface area contributed by atoms with Crippen LogP contribution in [-0.4, -0.2) is 49.5 Å². The summed E-state index contributed by atoms with van der Waals surface area (Å²) in [6, 6.07) is 5.30. The lowest BCUT2D eigenvalue weighted by Crippen LogP contribution is -2.31. The SMILES string of the molecule is O=C(O)c1ccc(S(=O)(=O)CCSC2COC2)cc1. The summed E-state index contributed by atoms with van der Waals surface area (Å²) in [5.74, 6) is -0.484. The van der Waals surface area contributed by atoms with E-state index < -0.39 is 15.8 Å². The van der Waals surface area contributed by atoms with E-state index in [1.165, 1.54) is 24.3 Å². The summed E-state index contributed by atoms with van der Waals surface area (Å²) in [7, 11) is -3.34. The molecular weight excluding hydrogens is 288 g/mol. The van der Waals surface area contributed by atoms with Gasteiger partial charge in [0.1, 0.15) is 0 Å². The van der Waals surface area contributed by atoms with E-state index in [0.29, 0.717) is 24.2 Å². The average Bonchev–Trinajstić information content (AvgIpc) is 2.32. The Morgan fingerprint density at radius 1 is 1.32 bits per heavy atom. The molecule has 0 saturated carbocycles. The summed E-state index contributed by atoms with van der Waals surface area (Å²) < 4.78 is 29.0. The zero-order valence-corrected chi connectivity index (χ0v) is 11.7. The third-order valence-corrected chi connectivity index (χ3v) is 5.95. The molecule has 0 aliphatic carbocycles. The molecular formula is C12H14O5S2. The zero-order chi connectivity index (χ0) is 13.9. The minimum atomic E-state index is -3.34. The van der Waals surface area contributed by atoms with E-state index >= 15 is 0 Å². The van der Waals surface area contributed by atoms with Crippen LogP contribution >= 0.6 is 11.8 Å². The fourth-order valence-electron chi connectivity index (χ4n) is 1.56. The highest BCUT2D eigenvalue weighted by Crippen LogP contribution is 2.20. The molecule has 2 rings (SSSR count). The predicted molar refractivity (Wildman–Crippen MR) is 72.5 cm³/mol. The van der Waals surface area contributed by atoms with Gasteiger partial charge in [-0.25, -0.2) is 13.2 Å². The normalized spacial score (nSPS) is 16.0. The monoisotopic (exact) mass is 302 g/mol. The number of carboxylic acid groups (broad SMARTS) is 1. The summed E-state index contributed by atoms with van der Waals surface area (Å²) in [5.41, 5.74) is 0.0833. The Labute approximate surface area is 115 Å². The standard InChI is InChI=1S/C12H14O5S2/c13-12(14)9-1-3-11(4-2-9)19(15,16)6-5-18-10-7-17-8-10/h1-4,10H,5-8H2,(H,13,14). The molecule has 0 unspecified atom stereocenters. The summed E-state index contributed by atoms with van der Waals surface area (Å²) >= 11 is 1.59. The number of benzene rings is 1. The third-order valence-electron chi connectivity index (χ3n) is 2.77. The predicted octanol–water partition coefficient (Wildman–Crippen LogP) is 1.29. The van der Waals surface area contributed by atoms with Crippen molar-refractivity contribution >= 4 is 27.6 Å². The van der Waals surface area contributed by atoms with Crippen LogP contribution in [0.4, 0.5) is 0 Å². The van der Waals surface area contributed by atoms with E-state index in [1.54, 1.807) is 11.8 Å². The topological polar surface area (TPSA) is 80.7 Å². The first-order chi connectivity index (χ1) is 8.99. The van der Waals surface area contributed by atoms with Crippen LogP contribution in [0.3, 0.4) is 0 Å². The molecule has 1 aromatic carbocycles. The van der Waals surface area contributed by atoms with Crippen LogP contribution in [-0.2, 0) is 14.6 Å². The van der Waals surface area contributed by atoms with Gasteiger partial charge in [0.15, 0.2) is 9.84 Å². The Morgan fingerprint density at radius 3 is 2.42 bits per heavy atom. The maximum atomic E-state index is 12.0. The van der Waals surface area contributed by atoms with Crippen molar-refractivity contribution in [3.63, 3.8) is 0 Å². The number of sulfone groups is 1. The van der Waals surface area contributed by atoms with Gasteiger partial charge in [-0.3, -0.25) is 0 Å². The third kappa shape index (κ3) is 3.71. The van der Waals surface area contributed by atoms with Gasteiger partial charge in [-0.05, 0) is 24.3 Å². The highest BCUT2D eigenvalue weighted by Gasteiger charge is 2.21. The molecule has 0 atom stereocenters. The lowest BCUT2D eigenvalue weighted by molar-refractivity contribution is 0.0455. The number of ether oxygens (including phenoxy) is 1. The van der Waals surface area contributed by atoms with Gasteiger partial charge < -0.3 is 9.84 Å². The van der Waals surface area contributed by atoms with Gasteiger partial charge in [0, 0.05) is 5.75 Å². The molecule has 1 heterocycles. The van der Waals surface area contributed by atoms with Crippen LogP contribution in [0.5, 0.6) is 0 Å². The highest BCUT2D eigenvalue weighted by atomic mass is 32.2. The van der Waals surface area contributed by atoms with Crippen molar-refractivity contribution in [2.24, 2.45) is 0 Å². The van der Waals surface area contributed by atoms with Gasteiger partial charge in [-0.1, -0.05) is 0 Å². The number of hydrogen-bond donors (Lipinski definition) is 1. The Hall–Kier alpha value is -1.05. The largest absolute Gasteiger partial charge is 0.478 e. The van der Waals surface area contributed by atoms with Gasteiger partial charge in [0.05, 0.1) is 34.7 Å². The Balaban J connectivity index is 1.95. The van der Waals surface area contributed by atoms with E-state index in [2.05, 4.69) is 0 Å². The molecule has 0 spiro atoms. The van der Waals surface area contributed by atoms with Gasteiger partial charge in [0.2, 0.25) is 0 Å². The molecule has 1 aliphatic heterocycles. The van der Waals surface area contributed by atoms with Crippen LogP contribution < -0.4 is 0 Å². The van der Waals surface area contributed by atoms with E-state index in [9.17, 15) is 13.2 Å². The van der Waals surface area contributed by atoms with E-state index in [4.69, 9.17) is 9.84 Å². The van der Waals surface area contributed by atoms with Crippen molar-refractivity contribution in [2.45, 2.75) is 10.1 Å². The maximum Gasteiger partial charge on any atom is 0.335 e. The Bertz CT molecular complexity index is 546. The van der Waals surface area contributed by atoms with Crippen molar-refractivity contribution in [3.05, 3.63) is 29.8 Å². The Kier molecular flexibility index (Phi) is 4.49. The smallest absolute Gasteiger partial charge is 0.335 e. The van der Waals surface area contributed by atoms with Crippen LogP contribution in [0, 0.1) is 0 Å². The quantitative estimate of drug-likeness (QED) is 0.853. The molecule has 1 fully saturated rings. The van der Waals surface area contributed by atoms with E-state index in [-0.39, 0.29) is 16.2 Å². The van der Waals surface area contributed by atoms with Gasteiger partial charge in [-0.2, -0.15) is 11.8 Å². The number of carbonyl (C=O) groups is 1. The first-order valence-electron chi connectivity index (χ1n) is 5.74. The van der Waals surface area contributed by atoms with Crippen molar-refractivity contribution in [2.75, 3.05) is 24.7 Å². The summed E-state index contributed by atoms with van der Waals surface area (Å²) in [4.78, 5) is 10.9. The van der Waals surface area contributed by atoms with Crippen LogP contribution in [0.15, 0.2) is 29.2 Å². The lowest BCUT2D eigenvalue weighted by Gasteiger charge is -2.25. The van der Waals surface area contributed by atoms with Crippen molar-refractivity contribution < 1.29 is 23.1 Å². The number of aromatic carboxylic acids is 1. The molecule has 7 heteroatoms. The Morgan fingerprint density at radius 2 is 1.95 bits per heavy atom. The van der Waals surface area contributed by atoms with Crippen molar-refractivity contribution in [3.8, 4) is 0 Å². The van der Waals surface area contributed by atoms with Crippen LogP contribution in [0.2, 0.25) is 0 Å². The number of hydrogen-bond acceptors (Lipinski definition) is 5. The molecule has 1 saturated heterocycles. The van der Waals surface area contributed by atoms with Crippen LogP contribution in [0.25, 0.3) is 0 Å². The van der Waals surface area contributed by atoms with Crippen molar-refractivity contribution in [1.29, 1.82) is 0 Å². The second kappa shape index (κ2) is 5.94.